The van der Waals surface area contributed by atoms with E-state index in [-0.39, 0.29) is 5.95 Å². The minimum Gasteiger partial charge on any atom is -0.496 e. The fourth-order valence-electron chi connectivity index (χ4n) is 3.20. The standard InChI is InChI=1S/C22H26N4O/c1-14(2)19-12-20(27-4)15(3)10-16(19)11-17-13-24-22(23)26-21(17)25-18-8-6-5-7-9-18/h5-10,12-14H,11H2,1-4H3,(H3,23,24,25,26). The van der Waals surface area contributed by atoms with Crippen molar-refractivity contribution in [2.45, 2.75) is 33.1 Å². The number of benzene rings is 2. The second-order valence-electron chi connectivity index (χ2n) is 6.95. The topological polar surface area (TPSA) is 73.1 Å². The maximum absolute atomic E-state index is 5.84. The summed E-state index contributed by atoms with van der Waals surface area (Å²) in [6, 6.07) is 14.3. The highest BCUT2D eigenvalue weighted by Crippen LogP contribution is 2.31. The molecule has 5 nitrogen and oxygen atoms in total. The molecule has 3 rings (SSSR count). The van der Waals surface area contributed by atoms with Gasteiger partial charge in [-0.1, -0.05) is 38.1 Å². The molecule has 0 aliphatic carbocycles. The molecule has 0 saturated heterocycles. The van der Waals surface area contributed by atoms with Gasteiger partial charge in [0.05, 0.1) is 7.11 Å². The number of hydrogen-bond donors (Lipinski definition) is 2. The highest BCUT2D eigenvalue weighted by atomic mass is 16.5. The Morgan fingerprint density at radius 1 is 1.11 bits per heavy atom. The molecule has 140 valence electrons. The van der Waals surface area contributed by atoms with Crippen molar-refractivity contribution in [2.75, 3.05) is 18.2 Å². The number of methoxy groups -OCH3 is 1. The number of para-hydroxylation sites is 1. The fraction of sp³-hybridized carbons (Fsp3) is 0.273. The molecule has 0 aliphatic rings. The van der Waals surface area contributed by atoms with Gasteiger partial charge in [0.1, 0.15) is 11.6 Å². The summed E-state index contributed by atoms with van der Waals surface area (Å²) in [5.41, 5.74) is 11.4. The van der Waals surface area contributed by atoms with E-state index in [1.54, 1.807) is 13.3 Å². The summed E-state index contributed by atoms with van der Waals surface area (Å²) < 4.78 is 5.51. The maximum Gasteiger partial charge on any atom is 0.221 e. The van der Waals surface area contributed by atoms with Gasteiger partial charge in [0.2, 0.25) is 5.95 Å². The third-order valence-electron chi connectivity index (χ3n) is 4.58. The smallest absolute Gasteiger partial charge is 0.221 e. The van der Waals surface area contributed by atoms with Crippen molar-refractivity contribution in [1.29, 1.82) is 0 Å². The van der Waals surface area contributed by atoms with Gasteiger partial charge in [-0.2, -0.15) is 4.98 Å². The molecule has 0 bridgehead atoms. The van der Waals surface area contributed by atoms with E-state index in [9.17, 15) is 0 Å². The average Bonchev–Trinajstić information content (AvgIpc) is 2.64. The van der Waals surface area contributed by atoms with Gasteiger partial charge in [-0.15, -0.1) is 0 Å². The highest BCUT2D eigenvalue weighted by molar-refractivity contribution is 5.61. The van der Waals surface area contributed by atoms with Crippen molar-refractivity contribution >= 4 is 17.5 Å². The Hall–Kier alpha value is -3.08. The van der Waals surface area contributed by atoms with Crippen molar-refractivity contribution in [2.24, 2.45) is 0 Å². The van der Waals surface area contributed by atoms with Crippen molar-refractivity contribution in [1.82, 2.24) is 9.97 Å². The zero-order valence-corrected chi connectivity index (χ0v) is 16.3. The molecular formula is C22H26N4O. The van der Waals surface area contributed by atoms with Crippen LogP contribution < -0.4 is 15.8 Å². The van der Waals surface area contributed by atoms with Gasteiger partial charge in [0.15, 0.2) is 0 Å². The van der Waals surface area contributed by atoms with Crippen LogP contribution in [0.5, 0.6) is 5.75 Å². The van der Waals surface area contributed by atoms with E-state index in [0.29, 0.717) is 12.3 Å². The Balaban J connectivity index is 2.00. The lowest BCUT2D eigenvalue weighted by Crippen LogP contribution is -2.07. The molecule has 3 N–H and O–H groups in total. The third kappa shape index (κ3) is 4.37. The number of nitrogen functional groups attached to an aromatic ring is 1. The Morgan fingerprint density at radius 3 is 2.52 bits per heavy atom. The lowest BCUT2D eigenvalue weighted by molar-refractivity contribution is 0.410. The van der Waals surface area contributed by atoms with E-state index in [0.717, 1.165) is 28.4 Å². The van der Waals surface area contributed by atoms with E-state index in [2.05, 4.69) is 48.2 Å². The van der Waals surface area contributed by atoms with Crippen LogP contribution in [0.3, 0.4) is 0 Å². The third-order valence-corrected chi connectivity index (χ3v) is 4.58. The number of hydrogen-bond acceptors (Lipinski definition) is 5. The summed E-state index contributed by atoms with van der Waals surface area (Å²) in [4.78, 5) is 8.64. The summed E-state index contributed by atoms with van der Waals surface area (Å²) in [7, 11) is 1.71. The second kappa shape index (κ2) is 8.08. The zero-order valence-electron chi connectivity index (χ0n) is 16.3. The molecule has 27 heavy (non-hydrogen) atoms. The number of aryl methyl sites for hydroxylation is 1. The molecule has 3 aromatic rings. The van der Waals surface area contributed by atoms with Crippen molar-refractivity contribution < 1.29 is 4.74 Å². The highest BCUT2D eigenvalue weighted by Gasteiger charge is 2.15. The van der Waals surface area contributed by atoms with Crippen molar-refractivity contribution in [3.05, 3.63) is 70.9 Å². The SMILES string of the molecule is COc1cc(C(C)C)c(Cc2cnc(N)nc2Nc2ccccc2)cc1C. The molecule has 5 heteroatoms. The molecule has 0 atom stereocenters. The lowest BCUT2D eigenvalue weighted by atomic mass is 9.91. The second-order valence-corrected chi connectivity index (χ2v) is 6.95. The average molecular weight is 362 g/mol. The fourth-order valence-corrected chi connectivity index (χ4v) is 3.20. The van der Waals surface area contributed by atoms with E-state index < -0.39 is 0 Å². The van der Waals surface area contributed by atoms with Gasteiger partial charge in [0, 0.05) is 23.9 Å². The van der Waals surface area contributed by atoms with E-state index in [1.165, 1.54) is 11.1 Å². The summed E-state index contributed by atoms with van der Waals surface area (Å²) in [5, 5.41) is 3.36. The molecule has 0 saturated carbocycles. The van der Waals surface area contributed by atoms with Crippen LogP contribution in [0.2, 0.25) is 0 Å². The van der Waals surface area contributed by atoms with Crippen LogP contribution in [0.4, 0.5) is 17.5 Å². The van der Waals surface area contributed by atoms with E-state index in [4.69, 9.17) is 10.5 Å². The normalized spacial score (nSPS) is 10.9. The van der Waals surface area contributed by atoms with Crippen LogP contribution in [0, 0.1) is 6.92 Å². The van der Waals surface area contributed by atoms with Gasteiger partial charge in [-0.25, -0.2) is 4.98 Å². The zero-order chi connectivity index (χ0) is 19.4. The predicted molar refractivity (Wildman–Crippen MR) is 111 cm³/mol. The molecule has 0 spiro atoms. The maximum atomic E-state index is 5.84. The molecular weight excluding hydrogens is 336 g/mol. The number of nitrogens with zero attached hydrogens (tertiary/aromatic N) is 2. The molecule has 0 amide bonds. The molecule has 0 fully saturated rings. The van der Waals surface area contributed by atoms with Crippen molar-refractivity contribution in [3.63, 3.8) is 0 Å². The Morgan fingerprint density at radius 2 is 1.85 bits per heavy atom. The Kier molecular flexibility index (Phi) is 5.60. The molecule has 2 aromatic carbocycles. The van der Waals surface area contributed by atoms with Crippen LogP contribution in [0.25, 0.3) is 0 Å². The summed E-state index contributed by atoms with van der Waals surface area (Å²) in [6.07, 6.45) is 2.52. The first kappa shape index (κ1) is 18.7. The molecule has 0 aliphatic heterocycles. The monoisotopic (exact) mass is 362 g/mol. The van der Waals surface area contributed by atoms with Crippen LogP contribution in [-0.4, -0.2) is 17.1 Å². The quantitative estimate of drug-likeness (QED) is 0.657. The lowest BCUT2D eigenvalue weighted by Gasteiger charge is -2.18. The number of rotatable bonds is 6. The molecule has 0 unspecified atom stereocenters. The summed E-state index contributed by atoms with van der Waals surface area (Å²) >= 11 is 0. The minimum absolute atomic E-state index is 0.257. The molecule has 0 radical (unpaired) electrons. The largest absolute Gasteiger partial charge is 0.496 e. The predicted octanol–water partition coefficient (Wildman–Crippen LogP) is 4.83. The van der Waals surface area contributed by atoms with E-state index >= 15 is 0 Å². The first-order valence-electron chi connectivity index (χ1n) is 9.08. The van der Waals surface area contributed by atoms with Crippen LogP contribution in [0.15, 0.2) is 48.7 Å². The van der Waals surface area contributed by atoms with Gasteiger partial charge in [-0.05, 0) is 47.7 Å². The molecule has 1 heterocycles. The van der Waals surface area contributed by atoms with Crippen LogP contribution in [-0.2, 0) is 6.42 Å². The first-order chi connectivity index (χ1) is 13.0. The van der Waals surface area contributed by atoms with Gasteiger partial charge >= 0.3 is 0 Å². The van der Waals surface area contributed by atoms with Crippen LogP contribution in [0.1, 0.15) is 42.0 Å². The van der Waals surface area contributed by atoms with Gasteiger partial charge < -0.3 is 15.8 Å². The Labute approximate surface area is 160 Å². The number of ether oxygens (including phenoxy) is 1. The number of anilines is 3. The summed E-state index contributed by atoms with van der Waals surface area (Å²) in [5.74, 6) is 2.29. The number of aromatic nitrogens is 2. The van der Waals surface area contributed by atoms with Crippen LogP contribution >= 0.6 is 0 Å². The number of nitrogens with one attached hydrogen (secondary N) is 1. The first-order valence-corrected chi connectivity index (χ1v) is 9.08. The van der Waals surface area contributed by atoms with Crippen molar-refractivity contribution in [3.8, 4) is 5.75 Å². The minimum atomic E-state index is 0.257. The van der Waals surface area contributed by atoms with Gasteiger partial charge in [0.25, 0.3) is 0 Å². The van der Waals surface area contributed by atoms with E-state index in [1.807, 2.05) is 30.3 Å². The van der Waals surface area contributed by atoms with Gasteiger partial charge in [-0.3, -0.25) is 0 Å². The Bertz CT molecular complexity index is 923. The number of nitrogens with two attached hydrogens (primary N) is 1. The molecule has 1 aromatic heterocycles. The summed E-state index contributed by atoms with van der Waals surface area (Å²) in [6.45, 7) is 6.45.